The lowest BCUT2D eigenvalue weighted by Crippen LogP contribution is -2.43. The zero-order valence-corrected chi connectivity index (χ0v) is 14.6. The summed E-state index contributed by atoms with van der Waals surface area (Å²) in [5.74, 6) is -0.562. The predicted octanol–water partition coefficient (Wildman–Crippen LogP) is 2.83. The second-order valence-corrected chi connectivity index (χ2v) is 7.17. The van der Waals surface area contributed by atoms with Crippen LogP contribution in [0.15, 0.2) is 65.6 Å². The van der Waals surface area contributed by atoms with Crippen molar-refractivity contribution in [2.24, 2.45) is 0 Å². The van der Waals surface area contributed by atoms with E-state index < -0.39 is 22.0 Å². The highest BCUT2D eigenvalue weighted by Gasteiger charge is 2.33. The molecular weight excluding hydrogens is 326 g/mol. The molecule has 0 radical (unpaired) electrons. The third kappa shape index (κ3) is 4.21. The molecule has 0 bridgehead atoms. The Balaban J connectivity index is 2.40. The van der Waals surface area contributed by atoms with Gasteiger partial charge >= 0.3 is 5.97 Å². The number of esters is 1. The van der Waals surface area contributed by atoms with Crippen LogP contribution in [-0.2, 0) is 26.1 Å². The summed E-state index contributed by atoms with van der Waals surface area (Å²) in [7, 11) is -3.83. The maximum Gasteiger partial charge on any atom is 0.324 e. The molecule has 2 aromatic rings. The molecule has 5 nitrogen and oxygen atoms in total. The molecule has 0 amide bonds. The first-order valence-corrected chi connectivity index (χ1v) is 9.18. The summed E-state index contributed by atoms with van der Waals surface area (Å²) in [6, 6.07) is 16.3. The quantitative estimate of drug-likeness (QED) is 0.723. The fraction of sp³-hybridized carbons (Fsp3) is 0.278. The molecule has 0 heterocycles. The van der Waals surface area contributed by atoms with E-state index in [2.05, 4.69) is 0 Å². The summed E-state index contributed by atoms with van der Waals surface area (Å²) in [5, 5.41) is 0. The van der Waals surface area contributed by atoms with E-state index in [4.69, 9.17) is 4.74 Å². The van der Waals surface area contributed by atoms with E-state index in [-0.39, 0.29) is 18.0 Å². The van der Waals surface area contributed by atoms with Crippen LogP contribution in [0.25, 0.3) is 0 Å². The van der Waals surface area contributed by atoms with E-state index >= 15 is 0 Å². The molecule has 0 saturated carbocycles. The Morgan fingerprint density at radius 2 is 1.58 bits per heavy atom. The monoisotopic (exact) mass is 347 g/mol. The predicted molar refractivity (Wildman–Crippen MR) is 91.7 cm³/mol. The molecule has 0 aliphatic carbocycles. The zero-order valence-electron chi connectivity index (χ0n) is 13.8. The first-order chi connectivity index (χ1) is 11.5. The van der Waals surface area contributed by atoms with Gasteiger partial charge in [0.05, 0.1) is 11.5 Å². The fourth-order valence-electron chi connectivity index (χ4n) is 2.30. The van der Waals surface area contributed by atoms with Gasteiger partial charge in [-0.25, -0.2) is 8.42 Å². The molecule has 1 unspecified atom stereocenters. The Bertz CT molecular complexity index is 760. The SMILES string of the molecule is CCOC(=O)C(C)N(Cc1ccccc1)S(=O)(=O)c1ccccc1. The van der Waals surface area contributed by atoms with Crippen molar-refractivity contribution in [3.8, 4) is 0 Å². The lowest BCUT2D eigenvalue weighted by Gasteiger charge is -2.27. The van der Waals surface area contributed by atoms with E-state index in [1.807, 2.05) is 30.3 Å². The first kappa shape index (κ1) is 18.2. The molecule has 0 aromatic heterocycles. The normalized spacial score (nSPS) is 12.8. The van der Waals surface area contributed by atoms with Gasteiger partial charge in [0.1, 0.15) is 6.04 Å². The minimum atomic E-state index is -3.83. The van der Waals surface area contributed by atoms with Crippen molar-refractivity contribution in [1.82, 2.24) is 4.31 Å². The van der Waals surface area contributed by atoms with E-state index in [1.54, 1.807) is 32.0 Å². The minimum absolute atomic E-state index is 0.0953. The summed E-state index contributed by atoms with van der Waals surface area (Å²) in [4.78, 5) is 12.3. The van der Waals surface area contributed by atoms with Crippen LogP contribution in [0.3, 0.4) is 0 Å². The maximum absolute atomic E-state index is 13.0. The van der Waals surface area contributed by atoms with Crippen LogP contribution in [0, 0.1) is 0 Å². The molecule has 0 aliphatic rings. The Kier molecular flexibility index (Phi) is 6.11. The topological polar surface area (TPSA) is 63.7 Å². The van der Waals surface area contributed by atoms with Crippen LogP contribution in [0.2, 0.25) is 0 Å². The molecule has 0 aliphatic heterocycles. The van der Waals surface area contributed by atoms with Crippen LogP contribution >= 0.6 is 0 Å². The average molecular weight is 347 g/mol. The minimum Gasteiger partial charge on any atom is -0.465 e. The number of rotatable bonds is 7. The van der Waals surface area contributed by atoms with Crippen molar-refractivity contribution in [2.45, 2.75) is 31.3 Å². The van der Waals surface area contributed by atoms with E-state index in [1.165, 1.54) is 16.4 Å². The molecular formula is C18H21NO4S. The number of benzene rings is 2. The maximum atomic E-state index is 13.0. The Morgan fingerprint density at radius 3 is 2.12 bits per heavy atom. The van der Waals surface area contributed by atoms with Gasteiger partial charge in [-0.15, -0.1) is 0 Å². The van der Waals surface area contributed by atoms with E-state index in [9.17, 15) is 13.2 Å². The number of hydrogen-bond acceptors (Lipinski definition) is 4. The number of sulfonamides is 1. The third-order valence-electron chi connectivity index (χ3n) is 3.59. The second kappa shape index (κ2) is 8.08. The molecule has 2 rings (SSSR count). The van der Waals surface area contributed by atoms with Gasteiger partial charge in [-0.1, -0.05) is 48.5 Å². The number of ether oxygens (including phenoxy) is 1. The summed E-state index contributed by atoms with van der Waals surface area (Å²) in [6.07, 6.45) is 0. The van der Waals surface area contributed by atoms with Gasteiger partial charge in [0.25, 0.3) is 0 Å². The molecule has 2 aromatic carbocycles. The van der Waals surface area contributed by atoms with Crippen molar-refractivity contribution in [3.05, 3.63) is 66.2 Å². The van der Waals surface area contributed by atoms with Gasteiger partial charge in [0, 0.05) is 6.54 Å². The molecule has 0 N–H and O–H groups in total. The Morgan fingerprint density at radius 1 is 1.04 bits per heavy atom. The standard InChI is InChI=1S/C18H21NO4S/c1-3-23-18(20)15(2)19(14-16-10-6-4-7-11-16)24(21,22)17-12-8-5-9-13-17/h4-13,15H,3,14H2,1-2H3. The van der Waals surface area contributed by atoms with Crippen LogP contribution in [0.4, 0.5) is 0 Å². The van der Waals surface area contributed by atoms with E-state index in [0.29, 0.717) is 0 Å². The summed E-state index contributed by atoms with van der Waals surface area (Å²) >= 11 is 0. The molecule has 24 heavy (non-hydrogen) atoms. The van der Waals surface area contributed by atoms with Gasteiger partial charge in [-0.2, -0.15) is 4.31 Å². The van der Waals surface area contributed by atoms with Crippen LogP contribution < -0.4 is 0 Å². The smallest absolute Gasteiger partial charge is 0.324 e. The number of carbonyl (C=O) groups excluding carboxylic acids is 1. The molecule has 0 fully saturated rings. The molecule has 1 atom stereocenters. The van der Waals surface area contributed by atoms with Crippen molar-refractivity contribution < 1.29 is 17.9 Å². The molecule has 0 saturated heterocycles. The highest BCUT2D eigenvalue weighted by Crippen LogP contribution is 2.21. The van der Waals surface area contributed by atoms with Crippen molar-refractivity contribution in [3.63, 3.8) is 0 Å². The summed E-state index contributed by atoms with van der Waals surface area (Å²) < 4.78 is 32.2. The average Bonchev–Trinajstić information content (AvgIpc) is 2.61. The van der Waals surface area contributed by atoms with Gasteiger partial charge in [-0.3, -0.25) is 4.79 Å². The number of carbonyl (C=O) groups is 1. The first-order valence-electron chi connectivity index (χ1n) is 7.74. The Labute approximate surface area is 142 Å². The number of hydrogen-bond donors (Lipinski definition) is 0. The summed E-state index contributed by atoms with van der Waals surface area (Å²) in [6.45, 7) is 3.53. The number of nitrogens with zero attached hydrogens (tertiary/aromatic N) is 1. The van der Waals surface area contributed by atoms with Crippen LogP contribution in [0.5, 0.6) is 0 Å². The highest BCUT2D eigenvalue weighted by molar-refractivity contribution is 7.89. The molecule has 0 spiro atoms. The van der Waals surface area contributed by atoms with Crippen molar-refractivity contribution in [2.75, 3.05) is 6.61 Å². The van der Waals surface area contributed by atoms with Gasteiger partial charge in [0.2, 0.25) is 10.0 Å². The van der Waals surface area contributed by atoms with Crippen LogP contribution in [0.1, 0.15) is 19.4 Å². The zero-order chi connectivity index (χ0) is 17.6. The van der Waals surface area contributed by atoms with Gasteiger partial charge < -0.3 is 4.74 Å². The lowest BCUT2D eigenvalue weighted by molar-refractivity contribution is -0.147. The second-order valence-electron chi connectivity index (χ2n) is 5.28. The Hall–Kier alpha value is -2.18. The van der Waals surface area contributed by atoms with Crippen molar-refractivity contribution in [1.29, 1.82) is 0 Å². The summed E-state index contributed by atoms with van der Waals surface area (Å²) in [5.41, 5.74) is 0.799. The third-order valence-corrected chi connectivity index (χ3v) is 5.52. The van der Waals surface area contributed by atoms with Crippen molar-refractivity contribution >= 4 is 16.0 Å². The highest BCUT2D eigenvalue weighted by atomic mass is 32.2. The van der Waals surface area contributed by atoms with Crippen LogP contribution in [-0.4, -0.2) is 31.3 Å². The van der Waals surface area contributed by atoms with Gasteiger partial charge in [-0.05, 0) is 31.5 Å². The molecule has 6 heteroatoms. The van der Waals surface area contributed by atoms with Gasteiger partial charge in [0.15, 0.2) is 0 Å². The molecule has 128 valence electrons. The largest absolute Gasteiger partial charge is 0.465 e. The van der Waals surface area contributed by atoms with E-state index in [0.717, 1.165) is 5.56 Å². The lowest BCUT2D eigenvalue weighted by atomic mass is 10.2. The fourth-order valence-corrected chi connectivity index (χ4v) is 3.89.